The molecule has 4 N–H and O–H groups in total. The van der Waals surface area contributed by atoms with E-state index in [4.69, 9.17) is 17.3 Å². The van der Waals surface area contributed by atoms with Crippen LogP contribution in [0.5, 0.6) is 0 Å². The van der Waals surface area contributed by atoms with E-state index >= 15 is 0 Å². The normalized spacial score (nSPS) is 11.2. The van der Waals surface area contributed by atoms with E-state index in [0.29, 0.717) is 12.8 Å². The highest BCUT2D eigenvalue weighted by atomic mass is 35.5. The van der Waals surface area contributed by atoms with Crippen molar-refractivity contribution in [3.05, 3.63) is 28.8 Å². The molecule has 110 valence electrons. The van der Waals surface area contributed by atoms with E-state index < -0.39 is 11.4 Å². The summed E-state index contributed by atoms with van der Waals surface area (Å²) in [5.41, 5.74) is 5.09. The molecule has 0 aromatic heterocycles. The van der Waals surface area contributed by atoms with Gasteiger partial charge in [0.15, 0.2) is 0 Å². The maximum atomic E-state index is 12.4. The molecule has 0 saturated heterocycles. The molecule has 1 rings (SSSR count). The second-order valence-electron chi connectivity index (χ2n) is 4.61. The van der Waals surface area contributed by atoms with Crippen molar-refractivity contribution in [2.24, 2.45) is 11.1 Å². The summed E-state index contributed by atoms with van der Waals surface area (Å²) in [4.78, 5) is 23.6. The maximum Gasteiger partial charge on any atom is 0.339 e. The summed E-state index contributed by atoms with van der Waals surface area (Å²) < 4.78 is 0. The van der Waals surface area contributed by atoms with Crippen LogP contribution in [0.4, 0.5) is 5.69 Å². The van der Waals surface area contributed by atoms with E-state index in [1.807, 2.05) is 13.8 Å². The molecule has 1 aromatic rings. The zero-order valence-electron chi connectivity index (χ0n) is 11.6. The van der Waals surface area contributed by atoms with Crippen molar-refractivity contribution in [3.63, 3.8) is 0 Å². The Hall–Kier alpha value is -1.59. The number of carboxylic acid groups (broad SMARTS) is 1. The van der Waals surface area contributed by atoms with E-state index in [1.165, 1.54) is 12.1 Å². The minimum absolute atomic E-state index is 0.0849. The van der Waals surface area contributed by atoms with Gasteiger partial charge in [-0.1, -0.05) is 31.5 Å². The van der Waals surface area contributed by atoms with Crippen molar-refractivity contribution >= 4 is 29.2 Å². The zero-order valence-corrected chi connectivity index (χ0v) is 12.3. The van der Waals surface area contributed by atoms with Gasteiger partial charge >= 0.3 is 5.97 Å². The number of benzene rings is 1. The highest BCUT2D eigenvalue weighted by Gasteiger charge is 2.34. The summed E-state index contributed by atoms with van der Waals surface area (Å²) in [6.45, 7) is 3.97. The number of carboxylic acids is 1. The average Bonchev–Trinajstić information content (AvgIpc) is 2.41. The molecule has 6 heteroatoms. The number of carbonyl (C=O) groups is 2. The Morgan fingerprint density at radius 2 is 1.95 bits per heavy atom. The van der Waals surface area contributed by atoms with Crippen LogP contribution in [0.25, 0.3) is 0 Å². The van der Waals surface area contributed by atoms with Crippen molar-refractivity contribution in [1.29, 1.82) is 0 Å². The zero-order chi connectivity index (χ0) is 15.3. The lowest BCUT2D eigenvalue weighted by molar-refractivity contribution is -0.125. The number of anilines is 1. The van der Waals surface area contributed by atoms with E-state index in [2.05, 4.69) is 5.32 Å². The fourth-order valence-electron chi connectivity index (χ4n) is 2.05. The smallest absolute Gasteiger partial charge is 0.339 e. The molecule has 0 unspecified atom stereocenters. The van der Waals surface area contributed by atoms with Crippen molar-refractivity contribution in [2.75, 3.05) is 11.9 Å². The molecule has 0 aliphatic carbocycles. The number of halogens is 1. The molecule has 0 heterocycles. The lowest BCUT2D eigenvalue weighted by atomic mass is 9.81. The largest absolute Gasteiger partial charge is 0.478 e. The lowest BCUT2D eigenvalue weighted by Gasteiger charge is -2.28. The van der Waals surface area contributed by atoms with Crippen LogP contribution in [0, 0.1) is 5.41 Å². The molecule has 0 aliphatic rings. The number of nitrogens with two attached hydrogens (primary N) is 1. The first-order valence-electron chi connectivity index (χ1n) is 6.45. The van der Waals surface area contributed by atoms with Crippen LogP contribution in [-0.2, 0) is 4.79 Å². The first kappa shape index (κ1) is 16.5. The number of hydrogen-bond acceptors (Lipinski definition) is 3. The van der Waals surface area contributed by atoms with Crippen LogP contribution in [-0.4, -0.2) is 23.5 Å². The third-order valence-corrected chi connectivity index (χ3v) is 4.02. The van der Waals surface area contributed by atoms with E-state index in [-0.39, 0.29) is 28.7 Å². The number of aromatic carboxylic acids is 1. The number of rotatable bonds is 6. The Labute approximate surface area is 123 Å². The van der Waals surface area contributed by atoms with E-state index in [1.54, 1.807) is 6.07 Å². The van der Waals surface area contributed by atoms with E-state index in [0.717, 1.165) is 0 Å². The molecule has 0 aliphatic heterocycles. The van der Waals surface area contributed by atoms with E-state index in [9.17, 15) is 14.7 Å². The number of amides is 1. The standard InChI is InChI=1S/C14H19ClN2O3/c1-3-14(4-2,8-16)13(20)17-10-7-5-6-9(15)11(10)12(18)19/h5-7H,3-4,8,16H2,1-2H3,(H,17,20)(H,18,19). The molecule has 0 spiro atoms. The quantitative estimate of drug-likeness (QED) is 0.753. The predicted octanol–water partition coefficient (Wildman–Crippen LogP) is 2.74. The second-order valence-corrected chi connectivity index (χ2v) is 5.02. The first-order chi connectivity index (χ1) is 9.41. The molecule has 0 saturated carbocycles. The summed E-state index contributed by atoms with van der Waals surface area (Å²) >= 11 is 5.87. The molecule has 5 nitrogen and oxygen atoms in total. The lowest BCUT2D eigenvalue weighted by Crippen LogP contribution is -2.41. The summed E-state index contributed by atoms with van der Waals surface area (Å²) in [6, 6.07) is 4.57. The van der Waals surface area contributed by atoms with Gasteiger partial charge in [-0.05, 0) is 25.0 Å². The van der Waals surface area contributed by atoms with Gasteiger partial charge in [0.2, 0.25) is 5.91 Å². The number of hydrogen-bond donors (Lipinski definition) is 3. The molecule has 0 bridgehead atoms. The number of nitrogens with one attached hydrogen (secondary N) is 1. The Morgan fingerprint density at radius 1 is 1.35 bits per heavy atom. The second kappa shape index (κ2) is 6.72. The Balaban J connectivity index is 3.14. The Morgan fingerprint density at radius 3 is 2.40 bits per heavy atom. The van der Waals surface area contributed by atoms with Crippen molar-refractivity contribution in [2.45, 2.75) is 26.7 Å². The molecule has 20 heavy (non-hydrogen) atoms. The number of carbonyl (C=O) groups excluding carboxylic acids is 1. The predicted molar refractivity (Wildman–Crippen MR) is 79.1 cm³/mol. The minimum atomic E-state index is -1.18. The van der Waals surface area contributed by atoms with Crippen LogP contribution in [0.15, 0.2) is 18.2 Å². The SMILES string of the molecule is CCC(CC)(CN)C(=O)Nc1cccc(Cl)c1C(=O)O. The topological polar surface area (TPSA) is 92.4 Å². The van der Waals surface area contributed by atoms with Crippen LogP contribution in [0.2, 0.25) is 5.02 Å². The fourth-order valence-corrected chi connectivity index (χ4v) is 2.31. The summed E-state index contributed by atoms with van der Waals surface area (Å²) in [7, 11) is 0. The Kier molecular flexibility index (Phi) is 5.53. The van der Waals surface area contributed by atoms with Crippen molar-refractivity contribution in [3.8, 4) is 0 Å². The third kappa shape index (κ3) is 3.11. The molecule has 1 amide bonds. The van der Waals surface area contributed by atoms with Crippen LogP contribution < -0.4 is 11.1 Å². The molecule has 1 aromatic carbocycles. The van der Waals surface area contributed by atoms with Crippen LogP contribution in [0.3, 0.4) is 0 Å². The molecule has 0 atom stereocenters. The van der Waals surface area contributed by atoms with Crippen molar-refractivity contribution < 1.29 is 14.7 Å². The van der Waals surface area contributed by atoms with Gasteiger partial charge in [-0.2, -0.15) is 0 Å². The van der Waals surface area contributed by atoms with Gasteiger partial charge in [0.25, 0.3) is 0 Å². The van der Waals surface area contributed by atoms with Gasteiger partial charge in [-0.3, -0.25) is 4.79 Å². The van der Waals surface area contributed by atoms with Gasteiger partial charge in [-0.25, -0.2) is 4.79 Å². The van der Waals surface area contributed by atoms with Gasteiger partial charge in [0, 0.05) is 6.54 Å². The third-order valence-electron chi connectivity index (χ3n) is 3.70. The molecular formula is C14H19ClN2O3. The summed E-state index contributed by atoms with van der Waals surface area (Å²) in [6.07, 6.45) is 1.16. The highest BCUT2D eigenvalue weighted by molar-refractivity contribution is 6.34. The monoisotopic (exact) mass is 298 g/mol. The minimum Gasteiger partial charge on any atom is -0.478 e. The van der Waals surface area contributed by atoms with Crippen molar-refractivity contribution in [1.82, 2.24) is 0 Å². The fraction of sp³-hybridized carbons (Fsp3) is 0.429. The van der Waals surface area contributed by atoms with Crippen LogP contribution in [0.1, 0.15) is 37.0 Å². The van der Waals surface area contributed by atoms with Crippen LogP contribution >= 0.6 is 11.6 Å². The van der Waals surface area contributed by atoms with Gasteiger partial charge in [0.1, 0.15) is 5.56 Å². The van der Waals surface area contributed by atoms with Gasteiger partial charge in [-0.15, -0.1) is 0 Å². The van der Waals surface area contributed by atoms with Gasteiger partial charge in [0.05, 0.1) is 16.1 Å². The summed E-state index contributed by atoms with van der Waals surface area (Å²) in [5.74, 6) is -1.47. The molecule has 0 fully saturated rings. The first-order valence-corrected chi connectivity index (χ1v) is 6.83. The maximum absolute atomic E-state index is 12.4. The average molecular weight is 299 g/mol. The molecular weight excluding hydrogens is 280 g/mol. The molecule has 0 radical (unpaired) electrons. The van der Waals surface area contributed by atoms with Gasteiger partial charge < -0.3 is 16.2 Å². The Bertz CT molecular complexity index is 505. The summed E-state index contributed by atoms with van der Waals surface area (Å²) in [5, 5.41) is 11.9. The highest BCUT2D eigenvalue weighted by Crippen LogP contribution is 2.29.